The van der Waals surface area contributed by atoms with Gasteiger partial charge in [0.15, 0.2) is 0 Å². The molecule has 3 amide bonds. The lowest BCUT2D eigenvalue weighted by atomic mass is 9.91. The molecular formula is C34H50N4O4. The fourth-order valence-electron chi connectivity index (χ4n) is 8.46. The van der Waals surface area contributed by atoms with Crippen LogP contribution in [0, 0.1) is 23.7 Å². The lowest BCUT2D eigenvalue weighted by molar-refractivity contribution is -0.143. The number of nitrogens with zero attached hydrogens (tertiary/aromatic N) is 2. The molecule has 2 aliphatic heterocycles. The van der Waals surface area contributed by atoms with Crippen LogP contribution in [0.15, 0.2) is 30.3 Å². The summed E-state index contributed by atoms with van der Waals surface area (Å²) in [4.78, 5) is 44.7. The minimum absolute atomic E-state index is 0.00923. The van der Waals surface area contributed by atoms with E-state index in [1.54, 1.807) is 4.90 Å². The Balaban J connectivity index is 1.09. The highest BCUT2D eigenvalue weighted by Gasteiger charge is 2.55. The summed E-state index contributed by atoms with van der Waals surface area (Å²) < 4.78 is 0. The number of carbonyl (C=O) groups excluding carboxylic acids is 3. The van der Waals surface area contributed by atoms with Crippen molar-refractivity contribution in [3.63, 3.8) is 0 Å². The van der Waals surface area contributed by atoms with Crippen LogP contribution < -0.4 is 10.6 Å². The van der Waals surface area contributed by atoms with E-state index in [0.717, 1.165) is 56.2 Å². The monoisotopic (exact) mass is 578 g/mol. The molecule has 0 radical (unpaired) electrons. The smallest absolute Gasteiger partial charge is 0.243 e. The second-order valence-corrected chi connectivity index (χ2v) is 14.2. The van der Waals surface area contributed by atoms with Crippen molar-refractivity contribution in [1.29, 1.82) is 0 Å². The highest BCUT2D eigenvalue weighted by molar-refractivity contribution is 5.94. The van der Waals surface area contributed by atoms with Gasteiger partial charge >= 0.3 is 0 Å². The Hall–Kier alpha value is -2.45. The Labute approximate surface area is 251 Å². The van der Waals surface area contributed by atoms with Crippen molar-refractivity contribution in [2.24, 2.45) is 23.7 Å². The standard InChI is InChI=1S/C34H50N4O4/c1-22(31(40)35-28-20-26-11-12-27(28)18-26)17-30(39)29(19-24-7-4-3-5-8-24)36-32(41)23(2)38-16-14-34(33(38)42)13-6-15-37(34)21-25-9-10-25/h3-5,7-8,22-23,25-30,39H,6,9-21H2,1-2H3,(H,35,40)(H,36,41)/t22-,23+,26?,27+,28-,29+,30+,34-/m1/s1. The number of fused-ring (bicyclic) bond motifs is 2. The molecule has 8 nitrogen and oxygen atoms in total. The van der Waals surface area contributed by atoms with Crippen molar-refractivity contribution < 1.29 is 19.5 Å². The van der Waals surface area contributed by atoms with Crippen molar-refractivity contribution in [1.82, 2.24) is 20.4 Å². The molecule has 2 saturated heterocycles. The molecule has 5 fully saturated rings. The Kier molecular flexibility index (Phi) is 8.65. The number of hydrogen-bond donors (Lipinski definition) is 3. The van der Waals surface area contributed by atoms with Gasteiger partial charge in [-0.25, -0.2) is 0 Å². The SMILES string of the molecule is C[C@H](C[C@H](O)[C@H](Cc1ccccc1)NC(=O)[C@H](C)N1CC[C@]2(CCCN2CC2CC2)C1=O)C(=O)N[C@@H]1CC2CC[C@H]1C2. The fourth-order valence-corrected chi connectivity index (χ4v) is 8.46. The van der Waals surface area contributed by atoms with Crippen molar-refractivity contribution in [2.45, 2.75) is 114 Å². The average molecular weight is 579 g/mol. The van der Waals surface area contributed by atoms with Crippen LogP contribution >= 0.6 is 0 Å². The predicted octanol–water partition coefficient (Wildman–Crippen LogP) is 3.27. The zero-order chi connectivity index (χ0) is 29.4. The molecule has 6 rings (SSSR count). The molecule has 8 atom stereocenters. The molecule has 3 saturated carbocycles. The predicted molar refractivity (Wildman–Crippen MR) is 161 cm³/mol. The van der Waals surface area contributed by atoms with E-state index in [2.05, 4.69) is 15.5 Å². The summed E-state index contributed by atoms with van der Waals surface area (Å²) in [5.41, 5.74) is 0.563. The van der Waals surface area contributed by atoms with Gasteiger partial charge in [-0.2, -0.15) is 0 Å². The van der Waals surface area contributed by atoms with Gasteiger partial charge in [-0.05, 0) is 101 Å². The van der Waals surface area contributed by atoms with Crippen molar-refractivity contribution in [3.05, 3.63) is 35.9 Å². The summed E-state index contributed by atoms with van der Waals surface area (Å²) in [6.07, 6.45) is 9.82. The number of hydrogen-bond acceptors (Lipinski definition) is 5. The van der Waals surface area contributed by atoms with E-state index in [0.29, 0.717) is 18.9 Å². The fraction of sp³-hybridized carbons (Fsp3) is 0.735. The van der Waals surface area contributed by atoms with Gasteiger partial charge in [0.2, 0.25) is 17.7 Å². The maximum Gasteiger partial charge on any atom is 0.243 e. The summed E-state index contributed by atoms with van der Waals surface area (Å²) >= 11 is 0. The number of aliphatic hydroxyl groups is 1. The van der Waals surface area contributed by atoms with Gasteiger partial charge < -0.3 is 20.6 Å². The van der Waals surface area contributed by atoms with E-state index < -0.39 is 23.7 Å². The molecule has 2 heterocycles. The van der Waals surface area contributed by atoms with E-state index in [9.17, 15) is 19.5 Å². The first-order chi connectivity index (χ1) is 20.2. The average Bonchev–Trinajstić information content (AvgIpc) is 3.27. The molecule has 0 aromatic heterocycles. The molecule has 230 valence electrons. The molecule has 1 aromatic carbocycles. The molecule has 1 spiro atoms. The van der Waals surface area contributed by atoms with Crippen molar-refractivity contribution in [3.8, 4) is 0 Å². The summed E-state index contributed by atoms with van der Waals surface area (Å²) in [7, 11) is 0. The quantitative estimate of drug-likeness (QED) is 0.354. The summed E-state index contributed by atoms with van der Waals surface area (Å²) in [5, 5.41) is 17.8. The molecular weight excluding hydrogens is 528 g/mol. The number of nitrogens with one attached hydrogen (secondary N) is 2. The lowest BCUT2D eigenvalue weighted by Crippen LogP contribution is -2.56. The van der Waals surface area contributed by atoms with Gasteiger partial charge in [0.25, 0.3) is 0 Å². The Bertz CT molecular complexity index is 1140. The van der Waals surface area contributed by atoms with Gasteiger partial charge in [0.1, 0.15) is 11.6 Å². The number of aliphatic hydroxyl groups excluding tert-OH is 1. The van der Waals surface area contributed by atoms with Crippen LogP contribution in [0.4, 0.5) is 0 Å². The topological polar surface area (TPSA) is 102 Å². The van der Waals surface area contributed by atoms with Crippen LogP contribution in [0.3, 0.4) is 0 Å². The molecule has 1 aromatic rings. The summed E-state index contributed by atoms with van der Waals surface area (Å²) in [6, 6.07) is 8.90. The van der Waals surface area contributed by atoms with Crippen LogP contribution in [-0.2, 0) is 20.8 Å². The van der Waals surface area contributed by atoms with Crippen LogP contribution in [0.5, 0.6) is 0 Å². The third-order valence-electron chi connectivity index (χ3n) is 11.3. The van der Waals surface area contributed by atoms with Crippen LogP contribution in [0.1, 0.15) is 83.6 Å². The normalized spacial score (nSPS) is 31.8. The number of rotatable bonds is 12. The van der Waals surface area contributed by atoms with Gasteiger partial charge in [-0.15, -0.1) is 0 Å². The lowest BCUT2D eigenvalue weighted by Gasteiger charge is -2.35. The molecule has 8 heteroatoms. The van der Waals surface area contributed by atoms with Crippen LogP contribution in [-0.4, -0.2) is 82.0 Å². The van der Waals surface area contributed by atoms with Gasteiger partial charge in [0, 0.05) is 25.0 Å². The Morgan fingerprint density at radius 1 is 1.02 bits per heavy atom. The first kappa shape index (κ1) is 29.6. The first-order valence-corrected chi connectivity index (χ1v) is 16.6. The molecule has 3 aliphatic carbocycles. The number of benzene rings is 1. The maximum absolute atomic E-state index is 13.8. The highest BCUT2D eigenvalue weighted by Crippen LogP contribution is 2.45. The van der Waals surface area contributed by atoms with Crippen LogP contribution in [0.2, 0.25) is 0 Å². The van der Waals surface area contributed by atoms with Crippen LogP contribution in [0.25, 0.3) is 0 Å². The molecule has 5 aliphatic rings. The van der Waals surface area contributed by atoms with Gasteiger partial charge in [-0.3, -0.25) is 19.3 Å². The third kappa shape index (κ3) is 6.12. The highest BCUT2D eigenvalue weighted by atomic mass is 16.3. The molecule has 2 bridgehead atoms. The van der Waals surface area contributed by atoms with E-state index in [1.165, 1.54) is 32.1 Å². The van der Waals surface area contributed by atoms with E-state index in [1.807, 2.05) is 44.2 Å². The third-order valence-corrected chi connectivity index (χ3v) is 11.3. The zero-order valence-electron chi connectivity index (χ0n) is 25.5. The van der Waals surface area contributed by atoms with E-state index in [-0.39, 0.29) is 36.1 Å². The maximum atomic E-state index is 13.8. The zero-order valence-corrected chi connectivity index (χ0v) is 25.5. The second kappa shape index (κ2) is 12.3. The minimum atomic E-state index is -0.897. The second-order valence-electron chi connectivity index (χ2n) is 14.2. The summed E-state index contributed by atoms with van der Waals surface area (Å²) in [6.45, 7) is 6.23. The van der Waals surface area contributed by atoms with E-state index >= 15 is 0 Å². The first-order valence-electron chi connectivity index (χ1n) is 16.6. The van der Waals surface area contributed by atoms with Crippen molar-refractivity contribution in [2.75, 3.05) is 19.6 Å². The van der Waals surface area contributed by atoms with E-state index in [4.69, 9.17) is 0 Å². The number of likely N-dealkylation sites (tertiary alicyclic amines) is 2. The Morgan fingerprint density at radius 3 is 2.50 bits per heavy atom. The largest absolute Gasteiger partial charge is 0.391 e. The Morgan fingerprint density at radius 2 is 1.81 bits per heavy atom. The summed E-state index contributed by atoms with van der Waals surface area (Å²) in [5.74, 6) is 1.54. The molecule has 1 unspecified atom stereocenters. The number of carbonyl (C=O) groups is 3. The molecule has 42 heavy (non-hydrogen) atoms. The minimum Gasteiger partial charge on any atom is -0.391 e. The van der Waals surface area contributed by atoms with Crippen molar-refractivity contribution >= 4 is 17.7 Å². The molecule has 3 N–H and O–H groups in total. The van der Waals surface area contributed by atoms with Gasteiger partial charge in [0.05, 0.1) is 12.1 Å². The number of amides is 3. The van der Waals surface area contributed by atoms with Gasteiger partial charge in [-0.1, -0.05) is 43.7 Å².